The van der Waals surface area contributed by atoms with Crippen LogP contribution >= 0.6 is 0 Å². The third-order valence-electron chi connectivity index (χ3n) is 4.63. The third kappa shape index (κ3) is 2.94. The topological polar surface area (TPSA) is 9.23 Å². The zero-order valence-electron chi connectivity index (χ0n) is 15.1. The number of hydrogen-bond donors (Lipinski definition) is 0. The molecule has 122 valence electrons. The number of benzene rings is 3. The van der Waals surface area contributed by atoms with Crippen molar-refractivity contribution in [3.8, 4) is 28.0 Å². The fourth-order valence-electron chi connectivity index (χ4n) is 3.26. The average Bonchev–Trinajstić information content (AvgIpc) is 2.58. The highest BCUT2D eigenvalue weighted by molar-refractivity contribution is 5.84. The van der Waals surface area contributed by atoms with Crippen LogP contribution in [0.1, 0.15) is 22.3 Å². The Balaban J connectivity index is 2.27. The van der Waals surface area contributed by atoms with Gasteiger partial charge in [0.1, 0.15) is 5.75 Å². The fourth-order valence-corrected chi connectivity index (χ4v) is 3.26. The van der Waals surface area contributed by atoms with Crippen molar-refractivity contribution in [1.29, 1.82) is 0 Å². The van der Waals surface area contributed by atoms with E-state index in [-0.39, 0.29) is 0 Å². The van der Waals surface area contributed by atoms with Gasteiger partial charge in [-0.1, -0.05) is 59.7 Å². The van der Waals surface area contributed by atoms with Gasteiger partial charge in [-0.05, 0) is 61.6 Å². The summed E-state index contributed by atoms with van der Waals surface area (Å²) >= 11 is 0. The number of hydrogen-bond acceptors (Lipinski definition) is 1. The summed E-state index contributed by atoms with van der Waals surface area (Å²) in [5.41, 5.74) is 9.86. The minimum absolute atomic E-state index is 0.965. The maximum Gasteiger partial charge on any atom is 0.129 e. The predicted molar refractivity (Wildman–Crippen MR) is 103 cm³/mol. The Kier molecular flexibility index (Phi) is 4.44. The van der Waals surface area contributed by atoms with Crippen LogP contribution in [0.2, 0.25) is 0 Å². The van der Waals surface area contributed by atoms with E-state index in [0.29, 0.717) is 0 Å². The van der Waals surface area contributed by atoms with E-state index in [2.05, 4.69) is 82.3 Å². The maximum absolute atomic E-state index is 5.75. The smallest absolute Gasteiger partial charge is 0.129 e. The SMILES string of the molecule is COc1c(C)cc(-c2ccc(C)cc2)c(C)c1-c1ccc(C)cc1. The molecule has 0 aliphatic heterocycles. The van der Waals surface area contributed by atoms with Crippen LogP contribution in [-0.2, 0) is 0 Å². The molecule has 0 saturated heterocycles. The van der Waals surface area contributed by atoms with Crippen molar-refractivity contribution in [1.82, 2.24) is 0 Å². The molecule has 0 N–H and O–H groups in total. The van der Waals surface area contributed by atoms with Gasteiger partial charge < -0.3 is 4.74 Å². The first-order valence-electron chi connectivity index (χ1n) is 8.33. The Bertz CT molecular complexity index is 856. The van der Waals surface area contributed by atoms with Gasteiger partial charge in [0.05, 0.1) is 7.11 Å². The lowest BCUT2D eigenvalue weighted by molar-refractivity contribution is 0.413. The second-order valence-electron chi connectivity index (χ2n) is 6.51. The maximum atomic E-state index is 5.75. The Hall–Kier alpha value is -2.54. The molecular formula is C23H24O. The highest BCUT2D eigenvalue weighted by Crippen LogP contribution is 2.41. The molecule has 1 nitrogen and oxygen atoms in total. The van der Waals surface area contributed by atoms with E-state index >= 15 is 0 Å². The first-order valence-corrected chi connectivity index (χ1v) is 8.33. The molecule has 0 fully saturated rings. The molecular weight excluding hydrogens is 292 g/mol. The molecule has 3 aromatic carbocycles. The van der Waals surface area contributed by atoms with Crippen LogP contribution in [-0.4, -0.2) is 7.11 Å². The van der Waals surface area contributed by atoms with Gasteiger partial charge in [-0.25, -0.2) is 0 Å². The molecule has 24 heavy (non-hydrogen) atoms. The van der Waals surface area contributed by atoms with Gasteiger partial charge in [0.15, 0.2) is 0 Å². The Morgan fingerprint density at radius 2 is 1.17 bits per heavy atom. The molecule has 0 spiro atoms. The van der Waals surface area contributed by atoms with Gasteiger partial charge >= 0.3 is 0 Å². The minimum Gasteiger partial charge on any atom is -0.496 e. The molecule has 0 bridgehead atoms. The molecule has 0 aromatic heterocycles. The summed E-state index contributed by atoms with van der Waals surface area (Å²) in [6.45, 7) is 8.54. The lowest BCUT2D eigenvalue weighted by atomic mass is 9.89. The largest absolute Gasteiger partial charge is 0.496 e. The van der Waals surface area contributed by atoms with Crippen LogP contribution in [0.15, 0.2) is 54.6 Å². The first-order chi connectivity index (χ1) is 11.5. The Morgan fingerprint density at radius 3 is 1.67 bits per heavy atom. The molecule has 3 aromatic rings. The van der Waals surface area contributed by atoms with Gasteiger partial charge in [-0.3, -0.25) is 0 Å². The van der Waals surface area contributed by atoms with Crippen molar-refractivity contribution in [2.75, 3.05) is 7.11 Å². The lowest BCUT2D eigenvalue weighted by Crippen LogP contribution is -1.97. The first kappa shape index (κ1) is 16.3. The van der Waals surface area contributed by atoms with Crippen LogP contribution in [0.3, 0.4) is 0 Å². The van der Waals surface area contributed by atoms with E-state index in [0.717, 1.165) is 11.3 Å². The van der Waals surface area contributed by atoms with Gasteiger partial charge in [0.2, 0.25) is 0 Å². The number of methoxy groups -OCH3 is 1. The zero-order valence-corrected chi connectivity index (χ0v) is 15.1. The normalized spacial score (nSPS) is 10.7. The monoisotopic (exact) mass is 316 g/mol. The minimum atomic E-state index is 0.965. The lowest BCUT2D eigenvalue weighted by Gasteiger charge is -2.19. The highest BCUT2D eigenvalue weighted by Gasteiger charge is 2.16. The fraction of sp³-hybridized carbons (Fsp3) is 0.217. The third-order valence-corrected chi connectivity index (χ3v) is 4.63. The van der Waals surface area contributed by atoms with Crippen LogP contribution in [0.4, 0.5) is 0 Å². The van der Waals surface area contributed by atoms with Crippen molar-refractivity contribution >= 4 is 0 Å². The quantitative estimate of drug-likeness (QED) is 0.554. The van der Waals surface area contributed by atoms with Gasteiger partial charge in [0, 0.05) is 5.56 Å². The number of ether oxygens (including phenoxy) is 1. The van der Waals surface area contributed by atoms with E-state index in [1.165, 1.54) is 38.9 Å². The molecule has 1 heteroatoms. The molecule has 0 saturated carbocycles. The number of aryl methyl sites for hydroxylation is 3. The Labute approximate surface area is 144 Å². The van der Waals surface area contributed by atoms with E-state index in [4.69, 9.17) is 4.74 Å². The molecule has 0 unspecified atom stereocenters. The van der Waals surface area contributed by atoms with Crippen LogP contribution < -0.4 is 4.74 Å². The highest BCUT2D eigenvalue weighted by atomic mass is 16.5. The summed E-state index contributed by atoms with van der Waals surface area (Å²) < 4.78 is 5.75. The second-order valence-corrected chi connectivity index (χ2v) is 6.51. The summed E-state index contributed by atoms with van der Waals surface area (Å²) in [5, 5.41) is 0. The van der Waals surface area contributed by atoms with Gasteiger partial charge in [-0.15, -0.1) is 0 Å². The van der Waals surface area contributed by atoms with Crippen molar-refractivity contribution in [3.63, 3.8) is 0 Å². The summed E-state index contributed by atoms with van der Waals surface area (Å²) in [5.74, 6) is 0.965. The summed E-state index contributed by atoms with van der Waals surface area (Å²) in [4.78, 5) is 0. The average molecular weight is 316 g/mol. The molecule has 0 aliphatic rings. The van der Waals surface area contributed by atoms with Crippen molar-refractivity contribution < 1.29 is 4.74 Å². The van der Waals surface area contributed by atoms with Crippen molar-refractivity contribution in [2.45, 2.75) is 27.7 Å². The molecule has 3 rings (SSSR count). The zero-order chi connectivity index (χ0) is 17.3. The predicted octanol–water partition coefficient (Wildman–Crippen LogP) is 6.26. The van der Waals surface area contributed by atoms with E-state index in [9.17, 15) is 0 Å². The summed E-state index contributed by atoms with van der Waals surface area (Å²) in [6, 6.07) is 19.6. The Morgan fingerprint density at radius 1 is 0.667 bits per heavy atom. The van der Waals surface area contributed by atoms with Crippen molar-refractivity contribution in [3.05, 3.63) is 76.9 Å². The van der Waals surface area contributed by atoms with E-state index in [1.54, 1.807) is 7.11 Å². The second kappa shape index (κ2) is 6.52. The van der Waals surface area contributed by atoms with Crippen molar-refractivity contribution in [2.24, 2.45) is 0 Å². The summed E-state index contributed by atoms with van der Waals surface area (Å²) in [7, 11) is 1.75. The van der Waals surface area contributed by atoms with Gasteiger partial charge in [-0.2, -0.15) is 0 Å². The van der Waals surface area contributed by atoms with E-state index in [1.807, 2.05) is 0 Å². The van der Waals surface area contributed by atoms with E-state index < -0.39 is 0 Å². The van der Waals surface area contributed by atoms with Crippen LogP contribution in [0.25, 0.3) is 22.3 Å². The molecule has 0 amide bonds. The number of rotatable bonds is 3. The van der Waals surface area contributed by atoms with Gasteiger partial charge in [0.25, 0.3) is 0 Å². The molecule has 0 atom stereocenters. The molecule has 0 radical (unpaired) electrons. The van der Waals surface area contributed by atoms with Crippen LogP contribution in [0.5, 0.6) is 5.75 Å². The standard InChI is InChI=1S/C23H24O/c1-15-6-10-19(11-7-15)21-14-17(3)23(24-5)22(18(21)4)20-12-8-16(2)9-13-20/h6-14H,1-5H3. The molecule has 0 aliphatic carbocycles. The summed E-state index contributed by atoms with van der Waals surface area (Å²) in [6.07, 6.45) is 0. The van der Waals surface area contributed by atoms with Crippen LogP contribution in [0, 0.1) is 27.7 Å². The molecule has 0 heterocycles.